The summed E-state index contributed by atoms with van der Waals surface area (Å²) in [5, 5.41) is 0. The maximum atomic E-state index is 4.67. The SMILES string of the molecule is Cc1cc2c(cc1-c1cccc[n+]1C)-c1cccnc1C2(C)C. The Morgan fingerprint density at radius 2 is 1.78 bits per heavy atom. The van der Waals surface area contributed by atoms with Crippen molar-refractivity contribution in [3.05, 3.63) is 71.7 Å². The molecule has 0 bridgehead atoms. The lowest BCUT2D eigenvalue weighted by Crippen LogP contribution is -2.30. The van der Waals surface area contributed by atoms with Crippen molar-refractivity contribution in [2.24, 2.45) is 7.05 Å². The third-order valence-electron chi connectivity index (χ3n) is 5.06. The average Bonchev–Trinajstić information content (AvgIpc) is 2.76. The standard InChI is InChI=1S/C21H21N2/c1-14-12-18-17(13-16(14)19-9-5-6-11-23(19)4)15-8-7-10-22-20(15)21(18,2)3/h5-13H,1-4H3/q+1. The molecule has 114 valence electrons. The molecule has 0 N–H and O–H groups in total. The molecule has 0 amide bonds. The third-order valence-corrected chi connectivity index (χ3v) is 5.06. The van der Waals surface area contributed by atoms with Gasteiger partial charge in [-0.05, 0) is 41.8 Å². The first-order valence-electron chi connectivity index (χ1n) is 8.06. The van der Waals surface area contributed by atoms with Crippen molar-refractivity contribution >= 4 is 0 Å². The van der Waals surface area contributed by atoms with E-state index in [1.165, 1.54) is 39.2 Å². The zero-order chi connectivity index (χ0) is 16.2. The van der Waals surface area contributed by atoms with E-state index in [2.05, 4.69) is 80.0 Å². The Hall–Kier alpha value is -2.48. The maximum absolute atomic E-state index is 4.67. The van der Waals surface area contributed by atoms with Gasteiger partial charge < -0.3 is 0 Å². The first-order valence-corrected chi connectivity index (χ1v) is 8.06. The Balaban J connectivity index is 2.02. The Labute approximate surface area is 137 Å². The van der Waals surface area contributed by atoms with E-state index < -0.39 is 0 Å². The highest BCUT2D eigenvalue weighted by atomic mass is 14.9. The Morgan fingerprint density at radius 1 is 0.957 bits per heavy atom. The van der Waals surface area contributed by atoms with Crippen molar-refractivity contribution in [1.29, 1.82) is 0 Å². The summed E-state index contributed by atoms with van der Waals surface area (Å²) >= 11 is 0. The molecule has 23 heavy (non-hydrogen) atoms. The molecule has 0 atom stereocenters. The van der Waals surface area contributed by atoms with E-state index in [0.717, 1.165) is 0 Å². The molecule has 2 heteroatoms. The van der Waals surface area contributed by atoms with Crippen molar-refractivity contribution in [2.75, 3.05) is 0 Å². The van der Waals surface area contributed by atoms with E-state index in [1.807, 2.05) is 12.3 Å². The zero-order valence-electron chi connectivity index (χ0n) is 14.1. The van der Waals surface area contributed by atoms with Gasteiger partial charge in [-0.3, -0.25) is 4.98 Å². The van der Waals surface area contributed by atoms with E-state index >= 15 is 0 Å². The lowest BCUT2D eigenvalue weighted by atomic mass is 9.83. The van der Waals surface area contributed by atoms with Gasteiger partial charge in [0.2, 0.25) is 5.69 Å². The third kappa shape index (κ3) is 1.94. The predicted molar refractivity (Wildman–Crippen MR) is 93.2 cm³/mol. The van der Waals surface area contributed by atoms with Gasteiger partial charge in [-0.15, -0.1) is 0 Å². The highest BCUT2D eigenvalue weighted by Gasteiger charge is 2.37. The van der Waals surface area contributed by atoms with E-state index in [0.29, 0.717) is 0 Å². The van der Waals surface area contributed by atoms with Crippen molar-refractivity contribution in [2.45, 2.75) is 26.2 Å². The topological polar surface area (TPSA) is 16.8 Å². The lowest BCUT2D eigenvalue weighted by molar-refractivity contribution is -0.660. The summed E-state index contributed by atoms with van der Waals surface area (Å²) in [6.45, 7) is 6.74. The second-order valence-electron chi connectivity index (χ2n) is 6.93. The molecule has 1 aromatic carbocycles. The van der Waals surface area contributed by atoms with Crippen LogP contribution in [0, 0.1) is 6.92 Å². The van der Waals surface area contributed by atoms with Crippen molar-refractivity contribution in [3.8, 4) is 22.4 Å². The molecule has 0 spiro atoms. The van der Waals surface area contributed by atoms with Crippen LogP contribution in [-0.4, -0.2) is 4.98 Å². The van der Waals surface area contributed by atoms with Crippen LogP contribution < -0.4 is 4.57 Å². The Bertz CT molecular complexity index is 923. The monoisotopic (exact) mass is 301 g/mol. The summed E-state index contributed by atoms with van der Waals surface area (Å²) in [5.74, 6) is 0. The van der Waals surface area contributed by atoms with Crippen LogP contribution in [0.5, 0.6) is 0 Å². The van der Waals surface area contributed by atoms with E-state index in [1.54, 1.807) is 0 Å². The van der Waals surface area contributed by atoms with Gasteiger partial charge in [0.05, 0.1) is 5.69 Å². The molecule has 2 nitrogen and oxygen atoms in total. The smallest absolute Gasteiger partial charge is 0.212 e. The summed E-state index contributed by atoms with van der Waals surface area (Å²) in [6, 6.07) is 15.3. The van der Waals surface area contributed by atoms with Crippen LogP contribution in [0.1, 0.15) is 30.7 Å². The van der Waals surface area contributed by atoms with Crippen LogP contribution in [0.15, 0.2) is 54.9 Å². The fourth-order valence-corrected chi connectivity index (χ4v) is 3.78. The fraction of sp³-hybridized carbons (Fsp3) is 0.238. The van der Waals surface area contributed by atoms with Crippen LogP contribution in [0.4, 0.5) is 0 Å². The fourth-order valence-electron chi connectivity index (χ4n) is 3.78. The van der Waals surface area contributed by atoms with Gasteiger partial charge in [-0.2, -0.15) is 0 Å². The molecule has 3 aromatic rings. The first-order chi connectivity index (χ1) is 11.0. The number of aryl methyl sites for hydroxylation is 2. The second-order valence-corrected chi connectivity index (χ2v) is 6.93. The number of pyridine rings is 2. The van der Waals surface area contributed by atoms with Gasteiger partial charge >= 0.3 is 0 Å². The van der Waals surface area contributed by atoms with Crippen LogP contribution in [0.3, 0.4) is 0 Å². The Morgan fingerprint density at radius 3 is 2.57 bits per heavy atom. The molecular formula is C21H21N2+. The average molecular weight is 301 g/mol. The molecule has 0 saturated carbocycles. The van der Waals surface area contributed by atoms with Crippen LogP contribution in [-0.2, 0) is 12.5 Å². The van der Waals surface area contributed by atoms with Gasteiger partial charge in [-0.25, -0.2) is 4.57 Å². The van der Waals surface area contributed by atoms with E-state index in [9.17, 15) is 0 Å². The molecule has 0 radical (unpaired) electrons. The molecular weight excluding hydrogens is 280 g/mol. The van der Waals surface area contributed by atoms with Crippen LogP contribution in [0.2, 0.25) is 0 Å². The molecule has 2 heterocycles. The summed E-state index contributed by atoms with van der Waals surface area (Å²) in [7, 11) is 2.10. The van der Waals surface area contributed by atoms with Gasteiger partial charge in [0.25, 0.3) is 0 Å². The minimum absolute atomic E-state index is 0.0336. The summed E-state index contributed by atoms with van der Waals surface area (Å²) in [6.07, 6.45) is 4.00. The van der Waals surface area contributed by atoms with Crippen molar-refractivity contribution in [3.63, 3.8) is 0 Å². The highest BCUT2D eigenvalue weighted by Crippen LogP contribution is 2.49. The number of benzene rings is 1. The van der Waals surface area contributed by atoms with Gasteiger partial charge in [-0.1, -0.05) is 26.0 Å². The number of aromatic nitrogens is 2. The largest absolute Gasteiger partial charge is 0.260 e. The summed E-state index contributed by atoms with van der Waals surface area (Å²) in [4.78, 5) is 4.67. The van der Waals surface area contributed by atoms with E-state index in [-0.39, 0.29) is 5.41 Å². The van der Waals surface area contributed by atoms with Gasteiger partial charge in [0, 0.05) is 34.9 Å². The number of hydrogen-bond acceptors (Lipinski definition) is 1. The molecule has 0 saturated heterocycles. The maximum Gasteiger partial charge on any atom is 0.212 e. The van der Waals surface area contributed by atoms with Gasteiger partial charge in [0.15, 0.2) is 6.20 Å². The predicted octanol–water partition coefficient (Wildman–Crippen LogP) is 4.19. The summed E-state index contributed by atoms with van der Waals surface area (Å²) in [5.41, 5.74) is 8.97. The minimum Gasteiger partial charge on any atom is -0.260 e. The number of rotatable bonds is 1. The number of nitrogens with zero attached hydrogens (tertiary/aromatic N) is 2. The highest BCUT2D eigenvalue weighted by molar-refractivity contribution is 5.83. The van der Waals surface area contributed by atoms with Gasteiger partial charge in [0.1, 0.15) is 7.05 Å². The molecule has 0 fully saturated rings. The number of hydrogen-bond donors (Lipinski definition) is 0. The van der Waals surface area contributed by atoms with E-state index in [4.69, 9.17) is 0 Å². The normalized spacial score (nSPS) is 14.4. The van der Waals surface area contributed by atoms with Crippen molar-refractivity contribution in [1.82, 2.24) is 4.98 Å². The minimum atomic E-state index is -0.0336. The zero-order valence-corrected chi connectivity index (χ0v) is 14.1. The van der Waals surface area contributed by atoms with Crippen LogP contribution >= 0.6 is 0 Å². The second kappa shape index (κ2) is 4.76. The molecule has 0 aliphatic heterocycles. The van der Waals surface area contributed by atoms with Crippen LogP contribution in [0.25, 0.3) is 22.4 Å². The summed E-state index contributed by atoms with van der Waals surface area (Å²) < 4.78 is 2.18. The molecule has 4 rings (SSSR count). The van der Waals surface area contributed by atoms with Crippen molar-refractivity contribution < 1.29 is 4.57 Å². The first kappa shape index (κ1) is 14.1. The lowest BCUT2D eigenvalue weighted by Gasteiger charge is -2.20. The molecule has 1 aliphatic rings. The quantitative estimate of drug-likeness (QED) is 0.616. The molecule has 1 aliphatic carbocycles. The molecule has 0 unspecified atom stereocenters. The molecule has 2 aromatic heterocycles. The Kier molecular flexibility index (Phi) is 2.92. The number of fused-ring (bicyclic) bond motifs is 3.